The van der Waals surface area contributed by atoms with Crippen LogP contribution in [0.1, 0.15) is 43.7 Å². The number of benzene rings is 2. The van der Waals surface area contributed by atoms with Crippen LogP contribution in [0.5, 0.6) is 0 Å². The van der Waals surface area contributed by atoms with Crippen LogP contribution in [0.15, 0.2) is 42.5 Å². The molecular formula is C20H21O4. The minimum Gasteiger partial charge on any atom is -0.481 e. The number of ether oxygens (including phenoxy) is 1. The molecule has 0 bridgehead atoms. The number of carboxylic acids is 1. The number of carbonyl (C=O) groups is 2. The maximum Gasteiger partial charge on any atom is 0.313 e. The number of carbonyl (C=O) groups excluding carboxylic acids is 1. The van der Waals surface area contributed by atoms with Gasteiger partial charge in [0.15, 0.2) is 0 Å². The summed E-state index contributed by atoms with van der Waals surface area (Å²) in [5.41, 5.74) is 3.40. The Kier molecular flexibility index (Phi) is 5.74. The van der Waals surface area contributed by atoms with Gasteiger partial charge in [0, 0.05) is 0 Å². The van der Waals surface area contributed by atoms with Gasteiger partial charge in [-0.1, -0.05) is 36.4 Å². The first kappa shape index (κ1) is 17.7. The molecule has 2 aromatic rings. The molecule has 1 N–H and O–H groups in total. The monoisotopic (exact) mass is 325 g/mol. The zero-order valence-electron chi connectivity index (χ0n) is 14.1. The van der Waals surface area contributed by atoms with Gasteiger partial charge < -0.3 is 9.84 Å². The second-order valence-electron chi connectivity index (χ2n) is 5.69. The van der Waals surface area contributed by atoms with Crippen molar-refractivity contribution in [2.45, 2.75) is 32.6 Å². The largest absolute Gasteiger partial charge is 0.481 e. The van der Waals surface area contributed by atoms with Gasteiger partial charge in [-0.05, 0) is 55.2 Å². The van der Waals surface area contributed by atoms with Gasteiger partial charge in [0.05, 0.1) is 18.4 Å². The van der Waals surface area contributed by atoms with Crippen molar-refractivity contribution >= 4 is 11.9 Å². The Labute approximate surface area is 142 Å². The molecule has 125 valence electrons. The Morgan fingerprint density at radius 1 is 1.08 bits per heavy atom. The number of aliphatic carboxylic acids is 1. The molecule has 0 saturated carbocycles. The molecule has 2 unspecified atom stereocenters. The minimum atomic E-state index is -0.848. The first-order valence-corrected chi connectivity index (χ1v) is 7.95. The van der Waals surface area contributed by atoms with Gasteiger partial charge in [-0.2, -0.15) is 0 Å². The van der Waals surface area contributed by atoms with Crippen LogP contribution in [0.2, 0.25) is 0 Å². The number of rotatable bonds is 6. The van der Waals surface area contributed by atoms with Crippen molar-refractivity contribution in [3.8, 4) is 11.1 Å². The Morgan fingerprint density at radius 2 is 1.75 bits per heavy atom. The van der Waals surface area contributed by atoms with E-state index >= 15 is 0 Å². The Hall–Kier alpha value is -2.62. The van der Waals surface area contributed by atoms with E-state index in [0.717, 1.165) is 22.3 Å². The molecule has 0 aliphatic rings. The molecule has 2 aromatic carbocycles. The number of esters is 1. The van der Waals surface area contributed by atoms with Crippen LogP contribution in [0.25, 0.3) is 11.1 Å². The van der Waals surface area contributed by atoms with Crippen LogP contribution in [-0.2, 0) is 14.3 Å². The second-order valence-corrected chi connectivity index (χ2v) is 5.69. The van der Waals surface area contributed by atoms with E-state index in [-0.39, 0.29) is 11.9 Å². The summed E-state index contributed by atoms with van der Waals surface area (Å²) in [7, 11) is 0. The molecule has 0 aromatic heterocycles. The fourth-order valence-electron chi connectivity index (χ4n) is 2.42. The third-order valence-electron chi connectivity index (χ3n) is 4.06. The van der Waals surface area contributed by atoms with E-state index in [4.69, 9.17) is 9.84 Å². The quantitative estimate of drug-likeness (QED) is 0.815. The Bertz CT molecular complexity index is 719. The summed E-state index contributed by atoms with van der Waals surface area (Å²) < 4.78 is 5.06. The van der Waals surface area contributed by atoms with Crippen LogP contribution in [0, 0.1) is 6.07 Å². The lowest BCUT2D eigenvalue weighted by Crippen LogP contribution is -2.12. The summed E-state index contributed by atoms with van der Waals surface area (Å²) in [6, 6.07) is 16.1. The van der Waals surface area contributed by atoms with Crippen molar-refractivity contribution in [3.63, 3.8) is 0 Å². The Morgan fingerprint density at radius 3 is 2.33 bits per heavy atom. The molecule has 4 heteroatoms. The van der Waals surface area contributed by atoms with Crippen molar-refractivity contribution in [1.82, 2.24) is 0 Å². The maximum atomic E-state index is 11.9. The lowest BCUT2D eigenvalue weighted by atomic mass is 9.94. The molecule has 4 nitrogen and oxygen atoms in total. The molecule has 2 atom stereocenters. The molecular weight excluding hydrogens is 304 g/mol. The third kappa shape index (κ3) is 4.02. The van der Waals surface area contributed by atoms with Gasteiger partial charge in [0.2, 0.25) is 0 Å². The van der Waals surface area contributed by atoms with E-state index in [1.165, 1.54) is 0 Å². The van der Waals surface area contributed by atoms with E-state index < -0.39 is 11.9 Å². The van der Waals surface area contributed by atoms with E-state index in [1.54, 1.807) is 19.9 Å². The van der Waals surface area contributed by atoms with Crippen molar-refractivity contribution < 1.29 is 19.4 Å². The van der Waals surface area contributed by atoms with Crippen LogP contribution in [-0.4, -0.2) is 23.7 Å². The van der Waals surface area contributed by atoms with Gasteiger partial charge in [-0.15, -0.1) is 0 Å². The molecule has 0 amide bonds. The second kappa shape index (κ2) is 7.77. The van der Waals surface area contributed by atoms with Crippen molar-refractivity contribution in [3.05, 3.63) is 59.7 Å². The highest BCUT2D eigenvalue weighted by atomic mass is 16.5. The van der Waals surface area contributed by atoms with E-state index in [9.17, 15) is 9.59 Å². The fourth-order valence-corrected chi connectivity index (χ4v) is 2.42. The molecule has 0 aliphatic heterocycles. The average molecular weight is 325 g/mol. The molecule has 0 aliphatic carbocycles. The van der Waals surface area contributed by atoms with Crippen molar-refractivity contribution in [1.29, 1.82) is 0 Å². The van der Waals surface area contributed by atoms with Crippen LogP contribution in [0.4, 0.5) is 0 Å². The fraction of sp³-hybridized carbons (Fsp3) is 0.300. The smallest absolute Gasteiger partial charge is 0.313 e. The number of hydrogen-bond donors (Lipinski definition) is 1. The van der Waals surface area contributed by atoms with Gasteiger partial charge in [-0.25, -0.2) is 0 Å². The van der Waals surface area contributed by atoms with Crippen LogP contribution in [0.3, 0.4) is 0 Å². The normalized spacial score (nSPS) is 13.1. The highest BCUT2D eigenvalue weighted by Crippen LogP contribution is 2.26. The minimum absolute atomic E-state index is 0.250. The van der Waals surface area contributed by atoms with Crippen LogP contribution >= 0.6 is 0 Å². The highest BCUT2D eigenvalue weighted by molar-refractivity contribution is 5.79. The molecule has 0 saturated heterocycles. The first-order valence-electron chi connectivity index (χ1n) is 7.95. The topological polar surface area (TPSA) is 63.6 Å². The van der Waals surface area contributed by atoms with E-state index in [1.807, 2.05) is 43.3 Å². The standard InChI is InChI=1S/C20H21O4/c1-4-24-20(23)14(3)17-6-5-7-18(12-17)16-10-8-15(9-11-16)13(2)19(21)22/h5-6,8-14H,4H2,1-3H3,(H,21,22). The summed E-state index contributed by atoms with van der Waals surface area (Å²) in [6.07, 6.45) is 0. The van der Waals surface area contributed by atoms with Gasteiger partial charge in [0.1, 0.15) is 0 Å². The van der Waals surface area contributed by atoms with E-state index in [0.29, 0.717) is 6.61 Å². The van der Waals surface area contributed by atoms with E-state index in [2.05, 4.69) is 6.07 Å². The SMILES string of the molecule is CCOC(=O)C(C)c1cc[c]c(-c2ccc(C(C)C(=O)O)cc2)c1. The third-order valence-corrected chi connectivity index (χ3v) is 4.06. The molecule has 0 heterocycles. The first-order chi connectivity index (χ1) is 11.4. The predicted octanol–water partition coefficient (Wildman–Crippen LogP) is 4.01. The lowest BCUT2D eigenvalue weighted by Gasteiger charge is -2.12. The molecule has 1 radical (unpaired) electrons. The number of hydrogen-bond acceptors (Lipinski definition) is 3. The number of carboxylic acid groups (broad SMARTS) is 1. The molecule has 0 spiro atoms. The average Bonchev–Trinajstić information content (AvgIpc) is 2.60. The van der Waals surface area contributed by atoms with Gasteiger partial charge >= 0.3 is 11.9 Å². The zero-order chi connectivity index (χ0) is 17.7. The maximum absolute atomic E-state index is 11.9. The lowest BCUT2D eigenvalue weighted by molar-refractivity contribution is -0.144. The zero-order valence-corrected chi connectivity index (χ0v) is 14.1. The highest BCUT2D eigenvalue weighted by Gasteiger charge is 2.17. The molecule has 0 fully saturated rings. The molecule has 24 heavy (non-hydrogen) atoms. The van der Waals surface area contributed by atoms with Crippen molar-refractivity contribution in [2.75, 3.05) is 6.61 Å². The summed E-state index contributed by atoms with van der Waals surface area (Å²) in [6.45, 7) is 5.62. The summed E-state index contributed by atoms with van der Waals surface area (Å²) in [5, 5.41) is 9.06. The summed E-state index contributed by atoms with van der Waals surface area (Å²) in [4.78, 5) is 22.9. The van der Waals surface area contributed by atoms with Gasteiger partial charge in [-0.3, -0.25) is 9.59 Å². The predicted molar refractivity (Wildman–Crippen MR) is 91.8 cm³/mol. The van der Waals surface area contributed by atoms with Crippen LogP contribution < -0.4 is 0 Å². The molecule has 2 rings (SSSR count). The van der Waals surface area contributed by atoms with Gasteiger partial charge in [0.25, 0.3) is 0 Å². The van der Waals surface area contributed by atoms with Crippen molar-refractivity contribution in [2.24, 2.45) is 0 Å². The Balaban J connectivity index is 2.25. The summed E-state index contributed by atoms with van der Waals surface area (Å²) in [5.74, 6) is -1.98. The summed E-state index contributed by atoms with van der Waals surface area (Å²) >= 11 is 0.